The van der Waals surface area contributed by atoms with Gasteiger partial charge in [-0.25, -0.2) is 0 Å². The zero-order valence-corrected chi connectivity index (χ0v) is 11.1. The topological polar surface area (TPSA) is 52.5 Å². The van der Waals surface area contributed by atoms with Crippen molar-refractivity contribution < 1.29 is 56.2 Å². The Morgan fingerprint density at radius 1 is 1.21 bits per heavy atom. The molecule has 2 rings (SSSR count). The van der Waals surface area contributed by atoms with Crippen molar-refractivity contribution in [1.29, 1.82) is 0 Å². The summed E-state index contributed by atoms with van der Waals surface area (Å²) in [6, 6.07) is 7.34. The zero-order valence-electron chi connectivity index (χ0n) is 7.99. The van der Waals surface area contributed by atoms with Gasteiger partial charge in [0.05, 0.1) is 5.71 Å². The van der Waals surface area contributed by atoms with Crippen LogP contribution < -0.4 is 51.4 Å². The van der Waals surface area contributed by atoms with Gasteiger partial charge in [0.2, 0.25) is 5.78 Å². The molecule has 0 aromatic heterocycles. The molecule has 0 saturated heterocycles. The van der Waals surface area contributed by atoms with Gasteiger partial charge < -0.3 is 10.4 Å². The SMILES string of the molecule is O=C1/C(=N/[O-])CCc2ccccc21.[K+]. The number of fused-ring (bicyclic) bond motifs is 1. The van der Waals surface area contributed by atoms with Crippen LogP contribution in [0.15, 0.2) is 29.4 Å². The summed E-state index contributed by atoms with van der Waals surface area (Å²) in [4.78, 5) is 11.5. The number of rotatable bonds is 0. The van der Waals surface area contributed by atoms with E-state index in [1.54, 1.807) is 12.1 Å². The smallest absolute Gasteiger partial charge is 0.792 e. The van der Waals surface area contributed by atoms with Crippen LogP contribution in [-0.4, -0.2) is 11.5 Å². The van der Waals surface area contributed by atoms with Crippen molar-refractivity contribution >= 4 is 11.5 Å². The van der Waals surface area contributed by atoms with Gasteiger partial charge in [-0.05, 0) is 18.4 Å². The number of Topliss-reactive ketones (excluding diaryl/α,β-unsaturated/α-hetero) is 1. The molecule has 0 heterocycles. The van der Waals surface area contributed by atoms with E-state index < -0.39 is 0 Å². The van der Waals surface area contributed by atoms with Crippen molar-refractivity contribution in [2.24, 2.45) is 5.16 Å². The van der Waals surface area contributed by atoms with E-state index in [4.69, 9.17) is 0 Å². The van der Waals surface area contributed by atoms with Gasteiger partial charge in [0.1, 0.15) is 0 Å². The molecule has 66 valence electrons. The first-order valence-corrected chi connectivity index (χ1v) is 4.14. The van der Waals surface area contributed by atoms with Crippen LogP contribution in [0, 0.1) is 5.21 Å². The van der Waals surface area contributed by atoms with E-state index in [0.717, 1.165) is 12.0 Å². The molecule has 0 amide bonds. The fraction of sp³-hybridized carbons (Fsp3) is 0.200. The van der Waals surface area contributed by atoms with Gasteiger partial charge in [0.15, 0.2) is 0 Å². The summed E-state index contributed by atoms with van der Waals surface area (Å²) in [5.41, 5.74) is 1.79. The molecule has 0 bridgehead atoms. The summed E-state index contributed by atoms with van der Waals surface area (Å²) in [6.07, 6.45) is 1.21. The summed E-state index contributed by atoms with van der Waals surface area (Å²) in [6.45, 7) is 0. The minimum Gasteiger partial charge on any atom is -0.792 e. The van der Waals surface area contributed by atoms with Crippen LogP contribution in [0.25, 0.3) is 0 Å². The van der Waals surface area contributed by atoms with Crippen molar-refractivity contribution in [2.75, 3.05) is 0 Å². The van der Waals surface area contributed by atoms with E-state index in [-0.39, 0.29) is 62.9 Å². The van der Waals surface area contributed by atoms with Crippen molar-refractivity contribution in [1.82, 2.24) is 0 Å². The fourth-order valence-electron chi connectivity index (χ4n) is 1.57. The number of carbonyl (C=O) groups excluding carboxylic acids is 1. The van der Waals surface area contributed by atoms with Crippen LogP contribution in [0.3, 0.4) is 0 Å². The van der Waals surface area contributed by atoms with Crippen LogP contribution in [0.1, 0.15) is 22.3 Å². The van der Waals surface area contributed by atoms with Gasteiger partial charge in [-0.2, -0.15) is 0 Å². The van der Waals surface area contributed by atoms with Crippen molar-refractivity contribution in [3.8, 4) is 0 Å². The monoisotopic (exact) mass is 213 g/mol. The Kier molecular flexibility index (Phi) is 4.47. The average Bonchev–Trinajstić information content (AvgIpc) is 2.19. The first-order valence-electron chi connectivity index (χ1n) is 4.14. The van der Waals surface area contributed by atoms with Crippen LogP contribution in [0.5, 0.6) is 0 Å². The van der Waals surface area contributed by atoms with Crippen LogP contribution in [0.2, 0.25) is 0 Å². The predicted octanol–water partition coefficient (Wildman–Crippen LogP) is -1.24. The molecule has 0 spiro atoms. The molecule has 14 heavy (non-hydrogen) atoms. The maximum absolute atomic E-state index is 11.5. The Labute approximate surface area is 125 Å². The van der Waals surface area contributed by atoms with E-state index >= 15 is 0 Å². The van der Waals surface area contributed by atoms with Gasteiger partial charge in [0.25, 0.3) is 0 Å². The molecular weight excluding hydrogens is 205 g/mol. The Morgan fingerprint density at radius 2 is 1.93 bits per heavy atom. The third-order valence-electron chi connectivity index (χ3n) is 2.27. The zero-order chi connectivity index (χ0) is 9.26. The summed E-state index contributed by atoms with van der Waals surface area (Å²) >= 11 is 0. The number of nitrogens with zero attached hydrogens (tertiary/aromatic N) is 1. The maximum Gasteiger partial charge on any atom is 1.00 e. The minimum atomic E-state index is -0.211. The summed E-state index contributed by atoms with van der Waals surface area (Å²) in [5.74, 6) is -0.211. The fourth-order valence-corrected chi connectivity index (χ4v) is 1.57. The molecule has 0 saturated carbocycles. The van der Waals surface area contributed by atoms with E-state index in [9.17, 15) is 10.0 Å². The molecule has 1 aromatic carbocycles. The molecule has 0 atom stereocenters. The summed E-state index contributed by atoms with van der Waals surface area (Å²) in [7, 11) is 0. The van der Waals surface area contributed by atoms with Gasteiger partial charge in [-0.3, -0.25) is 4.79 Å². The van der Waals surface area contributed by atoms with Gasteiger partial charge >= 0.3 is 51.4 Å². The first-order chi connectivity index (χ1) is 6.33. The normalized spacial score (nSPS) is 17.4. The molecule has 3 nitrogen and oxygen atoms in total. The molecule has 1 aliphatic carbocycles. The molecule has 1 aromatic rings. The van der Waals surface area contributed by atoms with E-state index in [0.29, 0.717) is 12.0 Å². The Bertz CT molecular complexity index is 387. The number of ketones is 1. The van der Waals surface area contributed by atoms with Crippen LogP contribution in [0.4, 0.5) is 0 Å². The molecule has 0 fully saturated rings. The number of hydrogen-bond acceptors (Lipinski definition) is 3. The number of aryl methyl sites for hydroxylation is 1. The van der Waals surface area contributed by atoms with E-state index in [1.165, 1.54) is 0 Å². The summed E-state index contributed by atoms with van der Waals surface area (Å²) in [5, 5.41) is 13.0. The average molecular weight is 213 g/mol. The van der Waals surface area contributed by atoms with Crippen LogP contribution >= 0.6 is 0 Å². The second kappa shape index (κ2) is 5.18. The van der Waals surface area contributed by atoms with Gasteiger partial charge in [-0.1, -0.05) is 24.3 Å². The Balaban J connectivity index is 0.000000980. The molecular formula is C10H8KNO2. The standard InChI is InChI=1S/C10H9NO2.K/c12-10-8-4-2-1-3-7(8)5-6-9(10)11-13;/h1-4,13H,5-6H2;/q;+1/p-1/b11-9+;. The number of hydrogen-bond donors (Lipinski definition) is 0. The third-order valence-corrected chi connectivity index (χ3v) is 2.27. The molecule has 1 aliphatic rings. The minimum absolute atomic E-state index is 0. The quantitative estimate of drug-likeness (QED) is 0.400. The predicted molar refractivity (Wildman–Crippen MR) is 49.9 cm³/mol. The third kappa shape index (κ3) is 2.15. The summed E-state index contributed by atoms with van der Waals surface area (Å²) < 4.78 is 0. The van der Waals surface area contributed by atoms with E-state index in [1.807, 2.05) is 12.1 Å². The Morgan fingerprint density at radius 3 is 2.64 bits per heavy atom. The second-order valence-corrected chi connectivity index (χ2v) is 3.02. The second-order valence-electron chi connectivity index (χ2n) is 3.02. The molecule has 0 radical (unpaired) electrons. The van der Waals surface area contributed by atoms with Gasteiger partial charge in [0, 0.05) is 5.56 Å². The Hall–Kier alpha value is -0.00364. The molecule has 0 aliphatic heterocycles. The largest absolute Gasteiger partial charge is 1.00 e. The maximum atomic E-state index is 11.5. The number of carbonyl (C=O) groups is 1. The van der Waals surface area contributed by atoms with Crippen LogP contribution in [-0.2, 0) is 6.42 Å². The molecule has 0 N–H and O–H groups in total. The number of benzene rings is 1. The molecule has 4 heteroatoms. The molecule has 0 unspecified atom stereocenters. The van der Waals surface area contributed by atoms with Crippen molar-refractivity contribution in [3.05, 3.63) is 40.6 Å². The van der Waals surface area contributed by atoms with Crippen molar-refractivity contribution in [3.63, 3.8) is 0 Å². The van der Waals surface area contributed by atoms with Gasteiger partial charge in [-0.15, -0.1) is 0 Å². The van der Waals surface area contributed by atoms with E-state index in [2.05, 4.69) is 5.16 Å². The van der Waals surface area contributed by atoms with Crippen molar-refractivity contribution in [2.45, 2.75) is 12.8 Å². The first kappa shape index (κ1) is 12.1.